The van der Waals surface area contributed by atoms with Gasteiger partial charge in [0.1, 0.15) is 0 Å². The number of hydrogen-bond donors (Lipinski definition) is 1. The lowest BCUT2D eigenvalue weighted by Crippen LogP contribution is -2.45. The van der Waals surface area contributed by atoms with Crippen molar-refractivity contribution >= 4 is 0 Å². The summed E-state index contributed by atoms with van der Waals surface area (Å²) in [7, 11) is 0. The molecule has 0 spiro atoms. The molecule has 1 aromatic rings. The van der Waals surface area contributed by atoms with E-state index in [2.05, 4.69) is 39.0 Å². The van der Waals surface area contributed by atoms with Gasteiger partial charge in [0.15, 0.2) is 0 Å². The van der Waals surface area contributed by atoms with Crippen LogP contribution in [-0.2, 0) is 5.41 Å². The maximum atomic E-state index is 6.26. The van der Waals surface area contributed by atoms with E-state index in [4.69, 9.17) is 5.73 Å². The molecule has 1 aliphatic rings. The molecule has 1 aliphatic carbocycles. The normalized spacial score (nSPS) is 19.6. The molecule has 0 radical (unpaired) electrons. The standard InChI is InChI=1S/C12H21N3/c1-9(2)15-8-10(7-14-15)12(5-6-12)11(3,4)13/h7-9H,5-6,13H2,1-4H3. The van der Waals surface area contributed by atoms with Crippen LogP contribution in [0.4, 0.5) is 0 Å². The van der Waals surface area contributed by atoms with E-state index in [1.165, 1.54) is 18.4 Å². The first kappa shape index (κ1) is 10.7. The van der Waals surface area contributed by atoms with E-state index in [0.717, 1.165) is 0 Å². The summed E-state index contributed by atoms with van der Waals surface area (Å²) < 4.78 is 2.02. The van der Waals surface area contributed by atoms with Crippen molar-refractivity contribution in [3.05, 3.63) is 18.0 Å². The largest absolute Gasteiger partial charge is 0.325 e. The second-order valence-electron chi connectivity index (χ2n) is 5.61. The number of nitrogens with two attached hydrogens (primary N) is 1. The first-order valence-corrected chi connectivity index (χ1v) is 5.70. The lowest BCUT2D eigenvalue weighted by atomic mass is 9.81. The highest BCUT2D eigenvalue weighted by Gasteiger charge is 2.54. The molecular weight excluding hydrogens is 186 g/mol. The predicted octanol–water partition coefficient (Wildman–Crippen LogP) is 2.23. The van der Waals surface area contributed by atoms with Gasteiger partial charge in [-0.1, -0.05) is 0 Å². The van der Waals surface area contributed by atoms with Crippen LogP contribution in [0.3, 0.4) is 0 Å². The summed E-state index contributed by atoms with van der Waals surface area (Å²) in [6, 6.07) is 0.426. The van der Waals surface area contributed by atoms with Gasteiger partial charge in [-0.2, -0.15) is 5.10 Å². The third-order valence-electron chi connectivity index (χ3n) is 3.67. The van der Waals surface area contributed by atoms with Crippen molar-refractivity contribution in [1.29, 1.82) is 0 Å². The van der Waals surface area contributed by atoms with Crippen LogP contribution in [0.5, 0.6) is 0 Å². The van der Waals surface area contributed by atoms with Crippen molar-refractivity contribution in [2.75, 3.05) is 0 Å². The van der Waals surface area contributed by atoms with Crippen LogP contribution in [0.2, 0.25) is 0 Å². The maximum absolute atomic E-state index is 6.26. The minimum atomic E-state index is -0.141. The molecule has 0 aliphatic heterocycles. The zero-order valence-electron chi connectivity index (χ0n) is 10.1. The van der Waals surface area contributed by atoms with Gasteiger partial charge in [-0.25, -0.2) is 0 Å². The van der Waals surface area contributed by atoms with Gasteiger partial charge in [0.05, 0.1) is 6.20 Å². The Morgan fingerprint density at radius 2 is 2.07 bits per heavy atom. The Morgan fingerprint density at radius 3 is 2.40 bits per heavy atom. The highest BCUT2D eigenvalue weighted by molar-refractivity contribution is 5.33. The van der Waals surface area contributed by atoms with Gasteiger partial charge in [-0.15, -0.1) is 0 Å². The minimum absolute atomic E-state index is 0.141. The van der Waals surface area contributed by atoms with Crippen LogP contribution in [-0.4, -0.2) is 15.3 Å². The van der Waals surface area contributed by atoms with Crippen LogP contribution in [0, 0.1) is 0 Å². The van der Waals surface area contributed by atoms with Gasteiger partial charge in [0, 0.05) is 23.2 Å². The number of nitrogens with zero attached hydrogens (tertiary/aromatic N) is 2. The maximum Gasteiger partial charge on any atom is 0.0528 e. The average molecular weight is 207 g/mol. The van der Waals surface area contributed by atoms with Gasteiger partial charge < -0.3 is 5.73 Å². The first-order valence-electron chi connectivity index (χ1n) is 5.70. The molecule has 2 rings (SSSR count). The molecule has 84 valence electrons. The highest BCUT2D eigenvalue weighted by Crippen LogP contribution is 2.54. The van der Waals surface area contributed by atoms with Crippen molar-refractivity contribution in [2.24, 2.45) is 5.73 Å². The lowest BCUT2D eigenvalue weighted by molar-refractivity contribution is 0.391. The van der Waals surface area contributed by atoms with E-state index in [0.29, 0.717) is 6.04 Å². The Balaban J connectivity index is 2.31. The molecule has 3 nitrogen and oxygen atoms in total. The Morgan fingerprint density at radius 1 is 1.47 bits per heavy atom. The van der Waals surface area contributed by atoms with Gasteiger partial charge in [-0.05, 0) is 46.1 Å². The molecule has 0 unspecified atom stereocenters. The molecular formula is C12H21N3. The molecule has 0 saturated heterocycles. The Kier molecular flexibility index (Phi) is 2.19. The summed E-state index contributed by atoms with van der Waals surface area (Å²) in [6.45, 7) is 8.52. The van der Waals surface area contributed by atoms with Crippen LogP contribution in [0.15, 0.2) is 12.4 Å². The Labute approximate surface area is 91.7 Å². The summed E-state index contributed by atoms with van der Waals surface area (Å²) in [4.78, 5) is 0. The van der Waals surface area contributed by atoms with Crippen molar-refractivity contribution in [3.63, 3.8) is 0 Å². The molecule has 1 aromatic heterocycles. The molecule has 0 bridgehead atoms. The van der Waals surface area contributed by atoms with Crippen LogP contribution in [0.25, 0.3) is 0 Å². The molecule has 0 amide bonds. The van der Waals surface area contributed by atoms with Crippen LogP contribution in [0.1, 0.15) is 52.1 Å². The predicted molar refractivity (Wildman–Crippen MR) is 61.8 cm³/mol. The van der Waals surface area contributed by atoms with E-state index >= 15 is 0 Å². The SMILES string of the molecule is CC(C)n1cc(C2(C(C)(C)N)CC2)cn1. The third-order valence-corrected chi connectivity index (χ3v) is 3.67. The molecule has 0 aromatic carbocycles. The molecule has 15 heavy (non-hydrogen) atoms. The van der Waals surface area contributed by atoms with Crippen molar-refractivity contribution in [1.82, 2.24) is 9.78 Å². The molecule has 1 heterocycles. The van der Waals surface area contributed by atoms with Gasteiger partial charge in [0.2, 0.25) is 0 Å². The second-order valence-corrected chi connectivity index (χ2v) is 5.61. The van der Waals surface area contributed by atoms with Crippen molar-refractivity contribution < 1.29 is 0 Å². The minimum Gasteiger partial charge on any atom is -0.325 e. The Bertz CT molecular complexity index is 353. The first-order chi connectivity index (χ1) is 6.87. The summed E-state index contributed by atoms with van der Waals surface area (Å²) in [5.74, 6) is 0. The lowest BCUT2D eigenvalue weighted by Gasteiger charge is -2.29. The topological polar surface area (TPSA) is 43.8 Å². The van der Waals surface area contributed by atoms with E-state index in [9.17, 15) is 0 Å². The average Bonchev–Trinajstić information content (AvgIpc) is 2.77. The molecule has 1 saturated carbocycles. The van der Waals surface area contributed by atoms with E-state index in [1.807, 2.05) is 10.9 Å². The fourth-order valence-electron chi connectivity index (χ4n) is 2.30. The Hall–Kier alpha value is -0.830. The second kappa shape index (κ2) is 3.08. The van der Waals surface area contributed by atoms with E-state index in [-0.39, 0.29) is 11.0 Å². The van der Waals surface area contributed by atoms with Crippen molar-refractivity contribution in [3.8, 4) is 0 Å². The van der Waals surface area contributed by atoms with Gasteiger partial charge in [-0.3, -0.25) is 4.68 Å². The third kappa shape index (κ3) is 1.59. The molecule has 0 atom stereocenters. The zero-order valence-corrected chi connectivity index (χ0v) is 10.1. The fraction of sp³-hybridized carbons (Fsp3) is 0.750. The quantitative estimate of drug-likeness (QED) is 0.826. The summed E-state index contributed by atoms with van der Waals surface area (Å²) >= 11 is 0. The highest BCUT2D eigenvalue weighted by atomic mass is 15.3. The van der Waals surface area contributed by atoms with Crippen LogP contribution >= 0.6 is 0 Å². The summed E-state index contributed by atoms with van der Waals surface area (Å²) in [6.07, 6.45) is 6.54. The number of rotatable bonds is 3. The zero-order chi connectivity index (χ0) is 11.3. The van der Waals surface area contributed by atoms with E-state index in [1.54, 1.807) is 0 Å². The summed E-state index contributed by atoms with van der Waals surface area (Å²) in [5.41, 5.74) is 7.60. The summed E-state index contributed by atoms with van der Waals surface area (Å²) in [5, 5.41) is 4.40. The molecule has 3 heteroatoms. The van der Waals surface area contributed by atoms with Gasteiger partial charge in [0.25, 0.3) is 0 Å². The fourth-order valence-corrected chi connectivity index (χ4v) is 2.30. The van der Waals surface area contributed by atoms with Crippen LogP contribution < -0.4 is 5.73 Å². The smallest absolute Gasteiger partial charge is 0.0528 e. The van der Waals surface area contributed by atoms with E-state index < -0.39 is 0 Å². The monoisotopic (exact) mass is 207 g/mol. The molecule has 2 N–H and O–H groups in total. The number of hydrogen-bond acceptors (Lipinski definition) is 2. The van der Waals surface area contributed by atoms with Gasteiger partial charge >= 0.3 is 0 Å². The number of aromatic nitrogens is 2. The molecule has 1 fully saturated rings. The van der Waals surface area contributed by atoms with Crippen molar-refractivity contribution in [2.45, 2.75) is 57.5 Å².